The number of nitrogens with zero attached hydrogens (tertiary/aromatic N) is 2. The van der Waals surface area contributed by atoms with Crippen LogP contribution in [0.1, 0.15) is 12.5 Å². The van der Waals surface area contributed by atoms with E-state index in [1.807, 2.05) is 25.1 Å². The number of ether oxygens (including phenoxy) is 2. The van der Waals surface area contributed by atoms with Gasteiger partial charge in [0, 0.05) is 24.5 Å². The van der Waals surface area contributed by atoms with Gasteiger partial charge >= 0.3 is 0 Å². The van der Waals surface area contributed by atoms with E-state index in [4.69, 9.17) is 21.1 Å². The van der Waals surface area contributed by atoms with Crippen molar-refractivity contribution in [3.63, 3.8) is 0 Å². The summed E-state index contributed by atoms with van der Waals surface area (Å²) >= 11 is 6.31. The molecule has 0 bridgehead atoms. The molecule has 1 aliphatic rings. The van der Waals surface area contributed by atoms with Crippen LogP contribution in [0.4, 0.5) is 28.8 Å². The van der Waals surface area contributed by atoms with Crippen LogP contribution in [0.2, 0.25) is 5.02 Å². The zero-order chi connectivity index (χ0) is 20.4. The van der Waals surface area contributed by atoms with Gasteiger partial charge in [0.2, 0.25) is 18.6 Å². The highest BCUT2D eigenvalue weighted by Gasteiger charge is 2.21. The monoisotopic (exact) mass is 411 g/mol. The lowest BCUT2D eigenvalue weighted by atomic mass is 10.2. The number of nitrogens with one attached hydrogen (secondary N) is 3. The van der Waals surface area contributed by atoms with Crippen molar-refractivity contribution in [1.29, 1.82) is 0 Å². The van der Waals surface area contributed by atoms with Crippen LogP contribution >= 0.6 is 11.6 Å². The van der Waals surface area contributed by atoms with Gasteiger partial charge in [0.15, 0.2) is 11.5 Å². The van der Waals surface area contributed by atoms with Crippen molar-refractivity contribution in [2.45, 2.75) is 13.8 Å². The van der Waals surface area contributed by atoms with Crippen LogP contribution in [0.3, 0.4) is 0 Å². The number of hydrogen-bond donors (Lipinski definition) is 3. The number of benzene rings is 2. The van der Waals surface area contributed by atoms with Crippen LogP contribution in [0.25, 0.3) is 0 Å². The van der Waals surface area contributed by atoms with Crippen molar-refractivity contribution in [3.8, 4) is 11.5 Å². The maximum absolute atomic E-state index is 11.4. The second-order valence-corrected chi connectivity index (χ2v) is 6.79. The minimum Gasteiger partial charge on any atom is -0.454 e. The zero-order valence-corrected chi connectivity index (χ0v) is 16.5. The van der Waals surface area contributed by atoms with Gasteiger partial charge in [-0.2, -0.15) is 4.98 Å². The molecule has 0 unspecified atom stereocenters. The van der Waals surface area contributed by atoms with E-state index in [0.29, 0.717) is 34.0 Å². The Morgan fingerprint density at radius 3 is 2.83 bits per heavy atom. The quantitative estimate of drug-likeness (QED) is 0.563. The third-order valence-electron chi connectivity index (χ3n) is 4.20. The number of hydrogen-bond acceptors (Lipinski definition) is 7. The van der Waals surface area contributed by atoms with Crippen molar-refractivity contribution in [2.75, 3.05) is 22.7 Å². The number of halogens is 1. The first-order valence-corrected chi connectivity index (χ1v) is 9.21. The lowest BCUT2D eigenvalue weighted by Gasteiger charge is -2.13. The number of fused-ring (bicyclic) bond motifs is 1. The summed E-state index contributed by atoms with van der Waals surface area (Å²) in [6.07, 6.45) is 1.62. The summed E-state index contributed by atoms with van der Waals surface area (Å²) in [5, 5.41) is 9.58. The standard InChI is InChI=1S/C20H18ClN5O3/c1-11-3-4-13(9-15(11)23-12(2)27)24-20-22-8-7-17(26-20)25-18-14(21)5-6-16-19(18)29-10-28-16/h3-9H,10H2,1-2H3,(H,23,27)(H2,22,24,25,26). The molecular weight excluding hydrogens is 394 g/mol. The molecule has 2 heterocycles. The summed E-state index contributed by atoms with van der Waals surface area (Å²) in [7, 11) is 0. The third-order valence-corrected chi connectivity index (χ3v) is 4.52. The first-order valence-electron chi connectivity index (χ1n) is 8.83. The molecule has 2 aromatic carbocycles. The maximum atomic E-state index is 11.4. The predicted octanol–water partition coefficient (Wildman–Crippen LogP) is 4.61. The number of aryl methyl sites for hydroxylation is 1. The van der Waals surface area contributed by atoms with E-state index in [9.17, 15) is 4.79 Å². The number of rotatable bonds is 5. The van der Waals surface area contributed by atoms with Crippen molar-refractivity contribution < 1.29 is 14.3 Å². The molecule has 1 aliphatic heterocycles. The summed E-state index contributed by atoms with van der Waals surface area (Å²) in [6, 6.07) is 10.8. The minimum absolute atomic E-state index is 0.133. The molecule has 1 amide bonds. The number of aromatic nitrogens is 2. The van der Waals surface area contributed by atoms with E-state index < -0.39 is 0 Å². The Morgan fingerprint density at radius 2 is 2.00 bits per heavy atom. The van der Waals surface area contributed by atoms with E-state index in [-0.39, 0.29) is 12.7 Å². The topological polar surface area (TPSA) is 97.4 Å². The van der Waals surface area contributed by atoms with Crippen LogP contribution in [0, 0.1) is 6.92 Å². The molecule has 148 valence electrons. The highest BCUT2D eigenvalue weighted by molar-refractivity contribution is 6.33. The average molecular weight is 412 g/mol. The van der Waals surface area contributed by atoms with Gasteiger partial charge in [0.25, 0.3) is 0 Å². The van der Waals surface area contributed by atoms with Crippen molar-refractivity contribution >= 4 is 46.3 Å². The van der Waals surface area contributed by atoms with E-state index in [0.717, 1.165) is 16.9 Å². The summed E-state index contributed by atoms with van der Waals surface area (Å²) in [5.74, 6) is 1.95. The van der Waals surface area contributed by atoms with Gasteiger partial charge in [-0.3, -0.25) is 4.79 Å². The van der Waals surface area contributed by atoms with E-state index in [1.165, 1.54) is 6.92 Å². The lowest BCUT2D eigenvalue weighted by molar-refractivity contribution is -0.114. The van der Waals surface area contributed by atoms with Gasteiger partial charge in [-0.05, 0) is 42.8 Å². The second kappa shape index (κ2) is 7.84. The molecule has 0 aliphatic carbocycles. The van der Waals surface area contributed by atoms with Gasteiger partial charge in [0.1, 0.15) is 11.5 Å². The molecule has 0 spiro atoms. The number of carbonyl (C=O) groups is 1. The molecule has 29 heavy (non-hydrogen) atoms. The van der Waals surface area contributed by atoms with Gasteiger partial charge in [-0.25, -0.2) is 4.98 Å². The molecule has 1 aromatic heterocycles. The highest BCUT2D eigenvalue weighted by Crippen LogP contribution is 2.44. The first-order chi connectivity index (χ1) is 14.0. The second-order valence-electron chi connectivity index (χ2n) is 6.38. The number of carbonyl (C=O) groups excluding carboxylic acids is 1. The lowest BCUT2D eigenvalue weighted by Crippen LogP contribution is -2.07. The fourth-order valence-electron chi connectivity index (χ4n) is 2.83. The maximum Gasteiger partial charge on any atom is 0.231 e. The molecule has 0 saturated carbocycles. The summed E-state index contributed by atoms with van der Waals surface area (Å²) in [6.45, 7) is 3.53. The van der Waals surface area contributed by atoms with Crippen LogP contribution in [-0.4, -0.2) is 22.7 Å². The van der Waals surface area contributed by atoms with Crippen molar-refractivity contribution in [2.24, 2.45) is 0 Å². The molecule has 4 rings (SSSR count). The Balaban J connectivity index is 1.56. The van der Waals surface area contributed by atoms with Gasteiger partial charge in [-0.15, -0.1) is 0 Å². The fraction of sp³-hybridized carbons (Fsp3) is 0.150. The largest absolute Gasteiger partial charge is 0.454 e. The molecule has 0 radical (unpaired) electrons. The Labute approximate surface area is 172 Å². The summed E-state index contributed by atoms with van der Waals surface area (Å²) in [5.41, 5.74) is 3.00. The zero-order valence-electron chi connectivity index (χ0n) is 15.7. The Hall–Kier alpha value is -3.52. The van der Waals surface area contributed by atoms with Crippen LogP contribution in [0.15, 0.2) is 42.6 Å². The highest BCUT2D eigenvalue weighted by atomic mass is 35.5. The molecular formula is C20H18ClN5O3. The van der Waals surface area contributed by atoms with Crippen LogP contribution in [-0.2, 0) is 4.79 Å². The van der Waals surface area contributed by atoms with Crippen LogP contribution < -0.4 is 25.4 Å². The van der Waals surface area contributed by atoms with Gasteiger partial charge < -0.3 is 25.4 Å². The predicted molar refractivity (Wildman–Crippen MR) is 112 cm³/mol. The molecule has 0 fully saturated rings. The van der Waals surface area contributed by atoms with Gasteiger partial charge in [-0.1, -0.05) is 17.7 Å². The first kappa shape index (κ1) is 18.8. The Morgan fingerprint density at radius 1 is 1.14 bits per heavy atom. The molecule has 3 N–H and O–H groups in total. The van der Waals surface area contributed by atoms with Gasteiger partial charge in [0.05, 0.1) is 5.02 Å². The molecule has 0 saturated heterocycles. The van der Waals surface area contributed by atoms with E-state index in [1.54, 1.807) is 24.4 Å². The van der Waals surface area contributed by atoms with E-state index in [2.05, 4.69) is 25.9 Å². The van der Waals surface area contributed by atoms with Crippen molar-refractivity contribution in [1.82, 2.24) is 9.97 Å². The normalized spacial score (nSPS) is 11.8. The summed E-state index contributed by atoms with van der Waals surface area (Å²) < 4.78 is 10.9. The SMILES string of the molecule is CC(=O)Nc1cc(Nc2nccc(Nc3c(Cl)ccc4c3OCO4)n2)ccc1C. The third kappa shape index (κ3) is 4.17. The van der Waals surface area contributed by atoms with E-state index >= 15 is 0 Å². The van der Waals surface area contributed by atoms with Crippen LogP contribution in [0.5, 0.6) is 11.5 Å². The van der Waals surface area contributed by atoms with Crippen molar-refractivity contribution in [3.05, 3.63) is 53.2 Å². The molecule has 8 nitrogen and oxygen atoms in total. The minimum atomic E-state index is -0.133. The molecule has 3 aromatic rings. The Bertz CT molecular complexity index is 1090. The summed E-state index contributed by atoms with van der Waals surface area (Å²) in [4.78, 5) is 20.1. The molecule has 0 atom stereocenters. The number of amides is 1. The number of anilines is 5. The smallest absolute Gasteiger partial charge is 0.231 e. The molecule has 9 heteroatoms. The average Bonchev–Trinajstić information content (AvgIpc) is 3.16. The fourth-order valence-corrected chi connectivity index (χ4v) is 3.03. The Kier molecular flexibility index (Phi) is 5.09.